The highest BCUT2D eigenvalue weighted by molar-refractivity contribution is 5.86. The molecule has 10 nitrogen and oxygen atoms in total. The fraction of sp³-hybridized carbons (Fsp3) is 0.316. The summed E-state index contributed by atoms with van der Waals surface area (Å²) in [6.07, 6.45) is 1.36. The molecule has 154 valence electrons. The van der Waals surface area contributed by atoms with Crippen LogP contribution in [0.1, 0.15) is 5.56 Å². The number of hydrogen-bond acceptors (Lipinski definition) is 6. The quantitative estimate of drug-likeness (QED) is 0.554. The highest BCUT2D eigenvalue weighted by Crippen LogP contribution is 1.99. The van der Waals surface area contributed by atoms with E-state index in [4.69, 9.17) is 4.74 Å². The molecule has 0 saturated carbocycles. The van der Waals surface area contributed by atoms with Crippen LogP contribution < -0.4 is 16.6 Å². The van der Waals surface area contributed by atoms with Gasteiger partial charge < -0.3 is 15.0 Å². The first-order chi connectivity index (χ1) is 13.8. The Morgan fingerprint density at radius 1 is 1.07 bits per heavy atom. The van der Waals surface area contributed by atoms with Gasteiger partial charge in [-0.1, -0.05) is 30.3 Å². The van der Waals surface area contributed by atoms with Crippen molar-refractivity contribution >= 4 is 17.8 Å². The number of rotatable bonds is 8. The largest absolute Gasteiger partial charge is 0.454 e. The third-order valence-electron chi connectivity index (χ3n) is 3.92. The highest BCUT2D eigenvalue weighted by Gasteiger charge is 2.14. The Bertz CT molecular complexity index is 994. The van der Waals surface area contributed by atoms with Gasteiger partial charge in [-0.05, 0) is 5.56 Å². The summed E-state index contributed by atoms with van der Waals surface area (Å²) in [4.78, 5) is 60.8. The van der Waals surface area contributed by atoms with Gasteiger partial charge in [0.05, 0.1) is 13.1 Å². The maximum absolute atomic E-state index is 12.5. The van der Waals surface area contributed by atoms with Crippen molar-refractivity contribution in [2.45, 2.75) is 13.1 Å². The van der Waals surface area contributed by atoms with Gasteiger partial charge >= 0.3 is 11.7 Å². The van der Waals surface area contributed by atoms with Crippen LogP contribution in [0.4, 0.5) is 0 Å². The second-order valence-electron chi connectivity index (χ2n) is 6.36. The average Bonchev–Trinajstić information content (AvgIpc) is 2.70. The minimum absolute atomic E-state index is 0.230. The number of amides is 2. The minimum atomic E-state index is -0.921. The van der Waals surface area contributed by atoms with Crippen LogP contribution in [-0.2, 0) is 32.2 Å². The molecule has 1 N–H and O–H groups in total. The van der Waals surface area contributed by atoms with Gasteiger partial charge in [0, 0.05) is 26.4 Å². The number of nitrogens with zero attached hydrogens (tertiary/aromatic N) is 3. The van der Waals surface area contributed by atoms with Crippen molar-refractivity contribution in [2.75, 3.05) is 27.2 Å². The predicted octanol–water partition coefficient (Wildman–Crippen LogP) is -1.19. The zero-order valence-corrected chi connectivity index (χ0v) is 16.2. The summed E-state index contributed by atoms with van der Waals surface area (Å²) in [5.74, 6) is -1.91. The summed E-state index contributed by atoms with van der Waals surface area (Å²) in [6.45, 7) is -1.25. The van der Waals surface area contributed by atoms with Crippen LogP contribution in [0.2, 0.25) is 0 Å². The lowest BCUT2D eigenvalue weighted by atomic mass is 10.2. The van der Waals surface area contributed by atoms with Crippen LogP contribution in [0.5, 0.6) is 0 Å². The van der Waals surface area contributed by atoms with Crippen LogP contribution in [0.3, 0.4) is 0 Å². The van der Waals surface area contributed by atoms with Gasteiger partial charge in [0.2, 0.25) is 5.91 Å². The third kappa shape index (κ3) is 6.45. The molecule has 0 unspecified atom stereocenters. The fourth-order valence-electron chi connectivity index (χ4n) is 2.31. The highest BCUT2D eigenvalue weighted by atomic mass is 16.5. The predicted molar refractivity (Wildman–Crippen MR) is 103 cm³/mol. The third-order valence-corrected chi connectivity index (χ3v) is 3.92. The van der Waals surface area contributed by atoms with Gasteiger partial charge in [0.1, 0.15) is 6.54 Å². The number of ether oxygens (including phenoxy) is 1. The molecule has 0 spiro atoms. The second kappa shape index (κ2) is 10.0. The standard InChI is InChI=1S/C19H22N4O6/c1-21(2)17(26)10-20-15(24)13-29-18(27)12-23-16(25)8-9-22(19(23)28)11-14-6-4-3-5-7-14/h3-9H,10-13H2,1-2H3,(H,20,24). The minimum Gasteiger partial charge on any atom is -0.454 e. The number of carbonyl (C=O) groups excluding carboxylic acids is 3. The van der Waals surface area contributed by atoms with Crippen molar-refractivity contribution in [1.29, 1.82) is 0 Å². The van der Waals surface area contributed by atoms with Gasteiger partial charge in [-0.25, -0.2) is 9.36 Å². The van der Waals surface area contributed by atoms with E-state index in [1.165, 1.54) is 35.8 Å². The van der Waals surface area contributed by atoms with Crippen molar-refractivity contribution in [3.63, 3.8) is 0 Å². The van der Waals surface area contributed by atoms with Gasteiger partial charge in [0.25, 0.3) is 11.5 Å². The monoisotopic (exact) mass is 402 g/mol. The Balaban J connectivity index is 1.97. The lowest BCUT2D eigenvalue weighted by Gasteiger charge is -2.11. The molecule has 1 aromatic carbocycles. The summed E-state index contributed by atoms with van der Waals surface area (Å²) in [5, 5.41) is 2.30. The molecule has 1 heterocycles. The second-order valence-corrected chi connectivity index (χ2v) is 6.36. The number of esters is 1. The molecule has 0 fully saturated rings. The molecule has 0 aliphatic carbocycles. The Kier molecular flexibility index (Phi) is 7.47. The van der Waals surface area contributed by atoms with Gasteiger partial charge in [0.15, 0.2) is 6.61 Å². The Morgan fingerprint density at radius 2 is 1.76 bits per heavy atom. The van der Waals surface area contributed by atoms with Gasteiger partial charge in [-0.3, -0.25) is 23.7 Å². The summed E-state index contributed by atoms with van der Waals surface area (Å²) in [7, 11) is 3.08. The Hall–Kier alpha value is -3.69. The maximum atomic E-state index is 12.5. The normalized spacial score (nSPS) is 10.3. The molecule has 2 aromatic rings. The van der Waals surface area contributed by atoms with Crippen molar-refractivity contribution in [3.8, 4) is 0 Å². The van der Waals surface area contributed by atoms with Gasteiger partial charge in [-0.15, -0.1) is 0 Å². The molecule has 0 saturated heterocycles. The van der Waals surface area contributed by atoms with Crippen molar-refractivity contribution < 1.29 is 19.1 Å². The number of benzene rings is 1. The van der Waals surface area contributed by atoms with E-state index in [0.29, 0.717) is 0 Å². The number of likely N-dealkylation sites (N-methyl/N-ethyl adjacent to an activating group) is 1. The molecule has 0 radical (unpaired) electrons. The molecule has 10 heteroatoms. The van der Waals surface area contributed by atoms with Crippen molar-refractivity contribution in [1.82, 2.24) is 19.4 Å². The Morgan fingerprint density at radius 3 is 2.41 bits per heavy atom. The van der Waals surface area contributed by atoms with E-state index < -0.39 is 36.3 Å². The molecule has 0 aliphatic rings. The number of nitrogens with one attached hydrogen (secondary N) is 1. The molecule has 0 aliphatic heterocycles. The van der Waals surface area contributed by atoms with Crippen LogP contribution >= 0.6 is 0 Å². The van der Waals surface area contributed by atoms with E-state index in [9.17, 15) is 24.0 Å². The van der Waals surface area contributed by atoms with Crippen LogP contribution in [0.25, 0.3) is 0 Å². The average molecular weight is 402 g/mol. The summed E-state index contributed by atoms with van der Waals surface area (Å²) >= 11 is 0. The fourth-order valence-corrected chi connectivity index (χ4v) is 2.31. The maximum Gasteiger partial charge on any atom is 0.331 e. The molecule has 2 amide bonds. The first-order valence-corrected chi connectivity index (χ1v) is 8.74. The van der Waals surface area contributed by atoms with Crippen molar-refractivity contribution in [3.05, 3.63) is 69.0 Å². The first kappa shape index (κ1) is 21.6. The van der Waals surface area contributed by atoms with E-state index in [1.807, 2.05) is 30.3 Å². The van der Waals surface area contributed by atoms with Gasteiger partial charge in [-0.2, -0.15) is 0 Å². The molecular formula is C19H22N4O6. The molecule has 1 aromatic heterocycles. The van der Waals surface area contributed by atoms with Crippen LogP contribution in [0, 0.1) is 0 Å². The summed E-state index contributed by atoms with van der Waals surface area (Å²) < 4.78 is 6.82. The smallest absolute Gasteiger partial charge is 0.331 e. The first-order valence-electron chi connectivity index (χ1n) is 8.74. The van der Waals surface area contributed by atoms with E-state index >= 15 is 0 Å². The van der Waals surface area contributed by atoms with Crippen molar-refractivity contribution in [2.24, 2.45) is 0 Å². The molecule has 2 rings (SSSR count). The molecule has 0 bridgehead atoms. The SMILES string of the molecule is CN(C)C(=O)CNC(=O)COC(=O)Cn1c(=O)ccn(Cc2ccccc2)c1=O. The molecule has 0 atom stereocenters. The zero-order chi connectivity index (χ0) is 21.4. The lowest BCUT2D eigenvalue weighted by molar-refractivity contribution is -0.149. The van der Waals surface area contributed by atoms with E-state index in [2.05, 4.69) is 5.32 Å². The summed E-state index contributed by atoms with van der Waals surface area (Å²) in [5.41, 5.74) is -0.469. The zero-order valence-electron chi connectivity index (χ0n) is 16.2. The lowest BCUT2D eigenvalue weighted by Crippen LogP contribution is -2.42. The Labute approximate surface area is 166 Å². The molecule has 29 heavy (non-hydrogen) atoms. The van der Waals surface area contributed by atoms with E-state index in [1.54, 1.807) is 0 Å². The summed E-state index contributed by atoms with van der Waals surface area (Å²) in [6, 6.07) is 10.3. The van der Waals surface area contributed by atoms with E-state index in [0.717, 1.165) is 10.1 Å². The number of aromatic nitrogens is 2. The van der Waals surface area contributed by atoms with Crippen LogP contribution in [-0.4, -0.2) is 59.1 Å². The van der Waals surface area contributed by atoms with Crippen LogP contribution in [0.15, 0.2) is 52.2 Å². The number of hydrogen-bond donors (Lipinski definition) is 1. The van der Waals surface area contributed by atoms with E-state index in [-0.39, 0.29) is 19.0 Å². The molecular weight excluding hydrogens is 380 g/mol. The number of carbonyl (C=O) groups is 3. The topological polar surface area (TPSA) is 120 Å².